The van der Waals surface area contributed by atoms with E-state index in [9.17, 15) is 8.42 Å². The Morgan fingerprint density at radius 2 is 1.85 bits per heavy atom. The summed E-state index contributed by atoms with van der Waals surface area (Å²) in [5.74, 6) is 6.75. The summed E-state index contributed by atoms with van der Waals surface area (Å²) in [5, 5.41) is 0. The molecule has 26 heavy (non-hydrogen) atoms. The Morgan fingerprint density at radius 1 is 1.15 bits per heavy atom. The molecular formula is C21H29NO3S. The standard InChI is InChI=1S/C21H29NO3S/c1-3-4-5-6-7-9-12-21(19-13-15-20(25-2)16-14-19)26(23,24)22-17-10-8-11-18-22/h12-16H,3-6,8,10-11,17-18H2,1-2H3/b21-12+. The minimum atomic E-state index is -3.54. The Labute approximate surface area is 158 Å². The van der Waals surface area contributed by atoms with Crippen molar-refractivity contribution in [1.29, 1.82) is 0 Å². The van der Waals surface area contributed by atoms with Crippen LogP contribution in [0, 0.1) is 11.8 Å². The van der Waals surface area contributed by atoms with E-state index >= 15 is 0 Å². The summed E-state index contributed by atoms with van der Waals surface area (Å²) in [5.41, 5.74) is 0.652. The van der Waals surface area contributed by atoms with Gasteiger partial charge in [-0.15, -0.1) is 0 Å². The molecule has 1 aliphatic rings. The van der Waals surface area contributed by atoms with E-state index in [1.807, 2.05) is 0 Å². The van der Waals surface area contributed by atoms with E-state index in [4.69, 9.17) is 4.74 Å². The second-order valence-corrected chi connectivity index (χ2v) is 8.39. The van der Waals surface area contributed by atoms with Gasteiger partial charge in [-0.05, 0) is 49.1 Å². The van der Waals surface area contributed by atoms with Crippen LogP contribution in [0.25, 0.3) is 4.91 Å². The molecule has 2 rings (SSSR count). The topological polar surface area (TPSA) is 46.6 Å². The summed E-state index contributed by atoms with van der Waals surface area (Å²) in [7, 11) is -1.95. The first-order chi connectivity index (χ1) is 12.6. The molecule has 0 spiro atoms. The average Bonchev–Trinajstić information content (AvgIpc) is 2.68. The van der Waals surface area contributed by atoms with E-state index in [-0.39, 0.29) is 4.91 Å². The number of piperidine rings is 1. The summed E-state index contributed by atoms with van der Waals surface area (Å²) in [6, 6.07) is 7.13. The number of ether oxygens (including phenoxy) is 1. The molecule has 1 aromatic carbocycles. The molecule has 1 aliphatic heterocycles. The van der Waals surface area contributed by atoms with Gasteiger partial charge in [-0.2, -0.15) is 4.31 Å². The Kier molecular flexibility index (Phi) is 8.21. The van der Waals surface area contributed by atoms with Gasteiger partial charge in [0.05, 0.1) is 12.0 Å². The van der Waals surface area contributed by atoms with Crippen molar-refractivity contribution in [3.8, 4) is 17.6 Å². The third kappa shape index (κ3) is 5.62. The molecule has 0 atom stereocenters. The Bertz CT molecular complexity index is 749. The van der Waals surface area contributed by atoms with Crippen molar-refractivity contribution in [2.45, 2.75) is 51.9 Å². The van der Waals surface area contributed by atoms with Crippen LogP contribution in [-0.2, 0) is 10.0 Å². The van der Waals surface area contributed by atoms with Crippen molar-refractivity contribution < 1.29 is 13.2 Å². The Morgan fingerprint density at radius 3 is 2.46 bits per heavy atom. The number of nitrogens with zero attached hydrogens (tertiary/aromatic N) is 1. The molecule has 0 radical (unpaired) electrons. The van der Waals surface area contributed by atoms with Crippen LogP contribution in [0.2, 0.25) is 0 Å². The number of hydrogen-bond acceptors (Lipinski definition) is 3. The molecule has 0 saturated carbocycles. The number of allylic oxidation sites excluding steroid dienone is 1. The van der Waals surface area contributed by atoms with Gasteiger partial charge < -0.3 is 4.74 Å². The van der Waals surface area contributed by atoms with Crippen molar-refractivity contribution in [2.75, 3.05) is 20.2 Å². The second-order valence-electron chi connectivity index (χ2n) is 6.48. The van der Waals surface area contributed by atoms with E-state index < -0.39 is 10.0 Å². The molecule has 0 amide bonds. The van der Waals surface area contributed by atoms with Gasteiger partial charge in [-0.1, -0.05) is 38.0 Å². The Hall–Kier alpha value is -1.77. The summed E-state index contributed by atoms with van der Waals surface area (Å²) < 4.78 is 33.1. The van der Waals surface area contributed by atoms with Crippen LogP contribution in [0.5, 0.6) is 5.75 Å². The van der Waals surface area contributed by atoms with Crippen LogP contribution in [-0.4, -0.2) is 32.9 Å². The predicted octanol–water partition coefficient (Wildman–Crippen LogP) is 4.44. The maximum atomic E-state index is 13.2. The van der Waals surface area contributed by atoms with E-state index in [2.05, 4.69) is 18.8 Å². The summed E-state index contributed by atoms with van der Waals surface area (Å²) in [6.07, 6.45) is 8.63. The van der Waals surface area contributed by atoms with Gasteiger partial charge in [0.25, 0.3) is 0 Å². The smallest absolute Gasteiger partial charge is 0.244 e. The maximum Gasteiger partial charge on any atom is 0.244 e. The molecule has 0 bridgehead atoms. The van der Waals surface area contributed by atoms with Crippen LogP contribution in [0.1, 0.15) is 57.4 Å². The minimum absolute atomic E-state index is 0.282. The van der Waals surface area contributed by atoms with E-state index in [1.54, 1.807) is 41.8 Å². The first kappa shape index (κ1) is 20.5. The van der Waals surface area contributed by atoms with Crippen LogP contribution in [0.15, 0.2) is 30.3 Å². The zero-order valence-electron chi connectivity index (χ0n) is 15.8. The van der Waals surface area contributed by atoms with Gasteiger partial charge in [0, 0.05) is 25.6 Å². The fourth-order valence-corrected chi connectivity index (χ4v) is 4.62. The molecule has 5 heteroatoms. The fourth-order valence-electron chi connectivity index (χ4n) is 2.96. The normalized spacial score (nSPS) is 16.0. The number of methoxy groups -OCH3 is 1. The Balaban J connectivity index is 2.30. The molecule has 1 heterocycles. The lowest BCUT2D eigenvalue weighted by atomic mass is 10.2. The molecule has 0 aliphatic carbocycles. The summed E-state index contributed by atoms with van der Waals surface area (Å²) in [6.45, 7) is 3.32. The number of sulfonamides is 1. The molecule has 4 nitrogen and oxygen atoms in total. The quantitative estimate of drug-likeness (QED) is 0.523. The van der Waals surface area contributed by atoms with Crippen molar-refractivity contribution in [3.63, 3.8) is 0 Å². The molecule has 1 aromatic rings. The highest BCUT2D eigenvalue weighted by molar-refractivity contribution is 7.98. The van der Waals surface area contributed by atoms with Crippen LogP contribution in [0.4, 0.5) is 0 Å². The molecular weight excluding hydrogens is 346 g/mol. The zero-order chi connectivity index (χ0) is 18.8. The lowest BCUT2D eigenvalue weighted by Crippen LogP contribution is -2.35. The molecule has 0 N–H and O–H groups in total. The highest BCUT2D eigenvalue weighted by Gasteiger charge is 2.28. The van der Waals surface area contributed by atoms with Crippen molar-refractivity contribution in [1.82, 2.24) is 4.31 Å². The van der Waals surface area contributed by atoms with Gasteiger partial charge in [-0.3, -0.25) is 0 Å². The highest BCUT2D eigenvalue weighted by Crippen LogP contribution is 2.28. The number of benzene rings is 1. The number of unbranched alkanes of at least 4 members (excludes halogenated alkanes) is 3. The number of hydrogen-bond donors (Lipinski definition) is 0. The van der Waals surface area contributed by atoms with Crippen LogP contribution in [0.3, 0.4) is 0 Å². The van der Waals surface area contributed by atoms with Crippen molar-refractivity contribution in [3.05, 3.63) is 35.9 Å². The molecule has 0 aromatic heterocycles. The van der Waals surface area contributed by atoms with Gasteiger partial charge in [-0.25, -0.2) is 8.42 Å². The third-order valence-corrected chi connectivity index (χ3v) is 6.47. The van der Waals surface area contributed by atoms with Crippen LogP contribution >= 0.6 is 0 Å². The van der Waals surface area contributed by atoms with E-state index in [0.717, 1.165) is 44.9 Å². The fraction of sp³-hybridized carbons (Fsp3) is 0.524. The van der Waals surface area contributed by atoms with Gasteiger partial charge in [0.1, 0.15) is 5.75 Å². The monoisotopic (exact) mass is 375 g/mol. The van der Waals surface area contributed by atoms with Crippen molar-refractivity contribution in [2.24, 2.45) is 0 Å². The van der Waals surface area contributed by atoms with E-state index in [0.29, 0.717) is 24.4 Å². The van der Waals surface area contributed by atoms with Crippen molar-refractivity contribution >= 4 is 14.9 Å². The molecule has 142 valence electrons. The lowest BCUT2D eigenvalue weighted by molar-refractivity contribution is 0.351. The third-order valence-electron chi connectivity index (χ3n) is 4.52. The second kappa shape index (κ2) is 10.4. The molecule has 0 unspecified atom stereocenters. The minimum Gasteiger partial charge on any atom is -0.497 e. The summed E-state index contributed by atoms with van der Waals surface area (Å²) in [4.78, 5) is 0.282. The largest absolute Gasteiger partial charge is 0.497 e. The first-order valence-corrected chi connectivity index (χ1v) is 10.9. The van der Waals surface area contributed by atoms with E-state index in [1.165, 1.54) is 0 Å². The predicted molar refractivity (Wildman–Crippen MR) is 107 cm³/mol. The number of rotatable bonds is 7. The van der Waals surface area contributed by atoms with Gasteiger partial charge in [0.15, 0.2) is 0 Å². The molecule has 1 saturated heterocycles. The zero-order valence-corrected chi connectivity index (χ0v) is 16.6. The summed E-state index contributed by atoms with van der Waals surface area (Å²) >= 11 is 0. The van der Waals surface area contributed by atoms with Crippen LogP contribution < -0.4 is 4.74 Å². The first-order valence-electron chi connectivity index (χ1n) is 9.42. The maximum absolute atomic E-state index is 13.2. The van der Waals surface area contributed by atoms with Gasteiger partial charge in [0.2, 0.25) is 10.0 Å². The molecule has 1 fully saturated rings. The highest BCUT2D eigenvalue weighted by atomic mass is 32.2. The average molecular weight is 376 g/mol. The lowest BCUT2D eigenvalue weighted by Gasteiger charge is -2.27. The SMILES string of the molecule is CCCCCC#C/C=C(\c1ccc(OC)cc1)S(=O)(=O)N1CCCCC1. The van der Waals surface area contributed by atoms with Gasteiger partial charge >= 0.3 is 0 Å².